The van der Waals surface area contributed by atoms with Gasteiger partial charge < -0.3 is 15.4 Å². The predicted molar refractivity (Wildman–Crippen MR) is 69.6 cm³/mol. The van der Waals surface area contributed by atoms with Crippen molar-refractivity contribution in [2.45, 2.75) is 13.8 Å². The van der Waals surface area contributed by atoms with Crippen LogP contribution in [0, 0.1) is 5.41 Å². The highest BCUT2D eigenvalue weighted by Gasteiger charge is 2.05. The lowest BCUT2D eigenvalue weighted by Crippen LogP contribution is -2.27. The fourth-order valence-electron chi connectivity index (χ4n) is 1.52. The van der Waals surface area contributed by atoms with Gasteiger partial charge in [-0.05, 0) is 26.0 Å². The Bertz CT molecular complexity index is 350. The standard InChI is InChI=1S/C12H20N4O/c1-3-16(7-8-17-4-2)10-5-6-11(12(13)14)15-9-10/h5-6,9H,3-4,7-8H2,1-2H3,(H3,13,14). The molecule has 0 aromatic carbocycles. The first-order valence-electron chi connectivity index (χ1n) is 5.82. The second-order valence-corrected chi connectivity index (χ2v) is 3.59. The van der Waals surface area contributed by atoms with Crippen LogP contribution in [0.5, 0.6) is 0 Å². The van der Waals surface area contributed by atoms with Crippen LogP contribution in [0.4, 0.5) is 5.69 Å². The number of hydrogen-bond acceptors (Lipinski definition) is 4. The summed E-state index contributed by atoms with van der Waals surface area (Å²) in [6, 6.07) is 3.69. The van der Waals surface area contributed by atoms with Gasteiger partial charge in [-0.25, -0.2) is 0 Å². The van der Waals surface area contributed by atoms with Crippen molar-refractivity contribution in [2.75, 3.05) is 31.2 Å². The van der Waals surface area contributed by atoms with Crippen molar-refractivity contribution in [1.29, 1.82) is 5.41 Å². The highest BCUT2D eigenvalue weighted by atomic mass is 16.5. The van der Waals surface area contributed by atoms with Gasteiger partial charge in [-0.15, -0.1) is 0 Å². The summed E-state index contributed by atoms with van der Waals surface area (Å²) in [4.78, 5) is 6.32. The number of likely N-dealkylation sites (N-methyl/N-ethyl adjacent to an activating group) is 1. The van der Waals surface area contributed by atoms with Gasteiger partial charge in [-0.3, -0.25) is 10.4 Å². The Balaban J connectivity index is 2.65. The van der Waals surface area contributed by atoms with Crippen LogP contribution in [-0.4, -0.2) is 37.1 Å². The van der Waals surface area contributed by atoms with E-state index in [1.165, 1.54) is 0 Å². The van der Waals surface area contributed by atoms with Gasteiger partial charge in [0.1, 0.15) is 11.5 Å². The number of nitrogens with two attached hydrogens (primary N) is 1. The monoisotopic (exact) mass is 236 g/mol. The Hall–Kier alpha value is -1.62. The summed E-state index contributed by atoms with van der Waals surface area (Å²) < 4.78 is 5.33. The van der Waals surface area contributed by atoms with Crippen LogP contribution >= 0.6 is 0 Å². The predicted octanol–water partition coefficient (Wildman–Crippen LogP) is 1.23. The summed E-state index contributed by atoms with van der Waals surface area (Å²) in [6.07, 6.45) is 1.74. The molecule has 0 bridgehead atoms. The Morgan fingerprint density at radius 3 is 2.71 bits per heavy atom. The first-order chi connectivity index (χ1) is 8.19. The molecule has 1 heterocycles. The summed E-state index contributed by atoms with van der Waals surface area (Å²) >= 11 is 0. The van der Waals surface area contributed by atoms with Gasteiger partial charge in [0.2, 0.25) is 0 Å². The average Bonchev–Trinajstić information content (AvgIpc) is 2.35. The van der Waals surface area contributed by atoms with Crippen LogP contribution in [0.3, 0.4) is 0 Å². The zero-order valence-corrected chi connectivity index (χ0v) is 10.4. The van der Waals surface area contributed by atoms with Crippen LogP contribution in [-0.2, 0) is 4.74 Å². The van der Waals surface area contributed by atoms with Crippen LogP contribution in [0.25, 0.3) is 0 Å². The van der Waals surface area contributed by atoms with Gasteiger partial charge >= 0.3 is 0 Å². The molecule has 0 fully saturated rings. The minimum absolute atomic E-state index is 0.00563. The van der Waals surface area contributed by atoms with E-state index in [4.69, 9.17) is 15.9 Å². The fraction of sp³-hybridized carbons (Fsp3) is 0.500. The molecule has 0 amide bonds. The molecule has 0 saturated heterocycles. The van der Waals surface area contributed by atoms with E-state index in [-0.39, 0.29) is 5.84 Å². The number of aromatic nitrogens is 1. The molecule has 0 radical (unpaired) electrons. The van der Waals surface area contributed by atoms with Crippen LogP contribution < -0.4 is 10.6 Å². The molecule has 0 aliphatic carbocycles. The molecule has 0 aliphatic heterocycles. The normalized spacial score (nSPS) is 10.2. The van der Waals surface area contributed by atoms with Gasteiger partial charge in [-0.1, -0.05) is 0 Å². The maximum absolute atomic E-state index is 7.28. The number of ether oxygens (including phenoxy) is 1. The van der Waals surface area contributed by atoms with Crippen molar-refractivity contribution in [3.05, 3.63) is 24.0 Å². The lowest BCUT2D eigenvalue weighted by atomic mass is 10.3. The zero-order valence-electron chi connectivity index (χ0n) is 10.4. The molecule has 94 valence electrons. The first-order valence-corrected chi connectivity index (χ1v) is 5.82. The van der Waals surface area contributed by atoms with Crippen molar-refractivity contribution in [2.24, 2.45) is 5.73 Å². The van der Waals surface area contributed by atoms with Gasteiger partial charge in [0.25, 0.3) is 0 Å². The van der Waals surface area contributed by atoms with Crippen molar-refractivity contribution in [3.63, 3.8) is 0 Å². The number of amidine groups is 1. The maximum Gasteiger partial charge on any atom is 0.141 e. The number of pyridine rings is 1. The molecule has 5 nitrogen and oxygen atoms in total. The molecular formula is C12H20N4O. The molecule has 1 rings (SSSR count). The maximum atomic E-state index is 7.28. The van der Waals surface area contributed by atoms with Gasteiger partial charge in [0.15, 0.2) is 0 Å². The third-order valence-corrected chi connectivity index (χ3v) is 2.48. The first kappa shape index (κ1) is 13.4. The molecule has 1 aromatic heterocycles. The van der Waals surface area contributed by atoms with Crippen LogP contribution in [0.1, 0.15) is 19.5 Å². The van der Waals surface area contributed by atoms with E-state index in [2.05, 4.69) is 16.8 Å². The third kappa shape index (κ3) is 4.03. The molecule has 0 aliphatic rings. The number of nitrogens with one attached hydrogen (secondary N) is 1. The Labute approximate surface area is 102 Å². The molecule has 1 aromatic rings. The van der Waals surface area contributed by atoms with Crippen molar-refractivity contribution < 1.29 is 4.74 Å². The van der Waals surface area contributed by atoms with E-state index < -0.39 is 0 Å². The summed E-state index contributed by atoms with van der Waals surface area (Å²) in [7, 11) is 0. The highest BCUT2D eigenvalue weighted by molar-refractivity contribution is 5.93. The minimum atomic E-state index is -0.00563. The van der Waals surface area contributed by atoms with E-state index in [1.54, 1.807) is 12.3 Å². The van der Waals surface area contributed by atoms with E-state index in [9.17, 15) is 0 Å². The molecular weight excluding hydrogens is 216 g/mol. The number of nitrogens with zero attached hydrogens (tertiary/aromatic N) is 2. The largest absolute Gasteiger partial charge is 0.382 e. The van der Waals surface area contributed by atoms with E-state index in [0.717, 1.165) is 25.4 Å². The molecule has 0 spiro atoms. The molecule has 0 saturated carbocycles. The lowest BCUT2D eigenvalue weighted by molar-refractivity contribution is 0.154. The Kier molecular flexibility index (Phi) is 5.42. The van der Waals surface area contributed by atoms with Crippen molar-refractivity contribution in [1.82, 2.24) is 4.98 Å². The number of hydrogen-bond donors (Lipinski definition) is 2. The van der Waals surface area contributed by atoms with Crippen molar-refractivity contribution >= 4 is 11.5 Å². The molecule has 3 N–H and O–H groups in total. The quantitative estimate of drug-likeness (QED) is 0.424. The summed E-state index contributed by atoms with van der Waals surface area (Å²) in [5.74, 6) is -0.00563. The van der Waals surface area contributed by atoms with Crippen molar-refractivity contribution in [3.8, 4) is 0 Å². The highest BCUT2D eigenvalue weighted by Crippen LogP contribution is 2.12. The minimum Gasteiger partial charge on any atom is -0.382 e. The smallest absolute Gasteiger partial charge is 0.141 e. The molecule has 5 heteroatoms. The van der Waals surface area contributed by atoms with Gasteiger partial charge in [0, 0.05) is 19.7 Å². The number of nitrogen functional groups attached to an aromatic ring is 1. The van der Waals surface area contributed by atoms with E-state index in [1.807, 2.05) is 13.0 Å². The molecule has 0 atom stereocenters. The third-order valence-electron chi connectivity index (χ3n) is 2.48. The summed E-state index contributed by atoms with van der Waals surface area (Å²) in [6.45, 7) is 7.25. The van der Waals surface area contributed by atoms with Gasteiger partial charge in [-0.2, -0.15) is 0 Å². The number of anilines is 1. The summed E-state index contributed by atoms with van der Waals surface area (Å²) in [5.41, 5.74) is 6.89. The van der Waals surface area contributed by atoms with E-state index in [0.29, 0.717) is 12.3 Å². The second kappa shape index (κ2) is 6.85. The number of rotatable bonds is 7. The molecule has 0 unspecified atom stereocenters. The summed E-state index contributed by atoms with van der Waals surface area (Å²) in [5, 5.41) is 7.28. The van der Waals surface area contributed by atoms with E-state index >= 15 is 0 Å². The van der Waals surface area contributed by atoms with Crippen LogP contribution in [0.15, 0.2) is 18.3 Å². The second-order valence-electron chi connectivity index (χ2n) is 3.59. The topological polar surface area (TPSA) is 75.2 Å². The average molecular weight is 236 g/mol. The van der Waals surface area contributed by atoms with Gasteiger partial charge in [0.05, 0.1) is 18.5 Å². The fourth-order valence-corrected chi connectivity index (χ4v) is 1.52. The molecule has 17 heavy (non-hydrogen) atoms. The Morgan fingerprint density at radius 2 is 2.24 bits per heavy atom. The Morgan fingerprint density at radius 1 is 1.47 bits per heavy atom. The zero-order chi connectivity index (χ0) is 12.7. The van der Waals surface area contributed by atoms with Crippen LogP contribution in [0.2, 0.25) is 0 Å². The lowest BCUT2D eigenvalue weighted by Gasteiger charge is -2.22. The SMILES string of the molecule is CCOCCN(CC)c1ccc(C(=N)N)nc1.